The summed E-state index contributed by atoms with van der Waals surface area (Å²) in [6.45, 7) is 5.72. The Balaban J connectivity index is 2.22. The van der Waals surface area contributed by atoms with Crippen LogP contribution in [0.25, 0.3) is 0 Å². The highest BCUT2D eigenvalue weighted by molar-refractivity contribution is 7.91. The molecule has 0 aromatic carbocycles. The summed E-state index contributed by atoms with van der Waals surface area (Å²) in [4.78, 5) is 1.05. The van der Waals surface area contributed by atoms with Crippen LogP contribution in [0.4, 0.5) is 0 Å². The van der Waals surface area contributed by atoms with Crippen LogP contribution in [0.15, 0.2) is 10.3 Å². The SMILES string of the molecule is Cc1cc(C)c(S(=O)(=O)N2CCCC(CCN)C2)s1. The van der Waals surface area contributed by atoms with Crippen molar-refractivity contribution < 1.29 is 8.42 Å². The minimum Gasteiger partial charge on any atom is -0.330 e. The predicted molar refractivity (Wildman–Crippen MR) is 78.9 cm³/mol. The van der Waals surface area contributed by atoms with Crippen LogP contribution in [-0.4, -0.2) is 32.4 Å². The minimum absolute atomic E-state index is 0.412. The molecule has 0 aliphatic carbocycles. The molecule has 1 aromatic heterocycles. The van der Waals surface area contributed by atoms with E-state index in [9.17, 15) is 8.42 Å². The first kappa shape index (κ1) is 15.0. The van der Waals surface area contributed by atoms with E-state index < -0.39 is 10.0 Å². The van der Waals surface area contributed by atoms with Crippen LogP contribution >= 0.6 is 11.3 Å². The molecule has 0 bridgehead atoms. The molecular weight excluding hydrogens is 280 g/mol. The molecule has 108 valence electrons. The van der Waals surface area contributed by atoms with Crippen LogP contribution in [0.3, 0.4) is 0 Å². The number of piperidine rings is 1. The van der Waals surface area contributed by atoms with Crippen molar-refractivity contribution in [2.24, 2.45) is 11.7 Å². The lowest BCUT2D eigenvalue weighted by Crippen LogP contribution is -2.40. The molecule has 6 heteroatoms. The molecule has 0 spiro atoms. The maximum atomic E-state index is 12.7. The van der Waals surface area contributed by atoms with Crippen molar-refractivity contribution in [3.8, 4) is 0 Å². The summed E-state index contributed by atoms with van der Waals surface area (Å²) in [5.74, 6) is 0.412. The molecule has 0 saturated carbocycles. The second kappa shape index (κ2) is 5.91. The number of hydrogen-bond acceptors (Lipinski definition) is 4. The molecular formula is C13H22N2O2S2. The average Bonchev–Trinajstić information content (AvgIpc) is 2.70. The molecule has 2 rings (SSSR count). The summed E-state index contributed by atoms with van der Waals surface area (Å²) < 4.78 is 27.5. The number of nitrogens with two attached hydrogens (primary N) is 1. The van der Waals surface area contributed by atoms with Gasteiger partial charge in [0.2, 0.25) is 0 Å². The Morgan fingerprint density at radius 1 is 1.47 bits per heavy atom. The fraction of sp³-hybridized carbons (Fsp3) is 0.692. The second-order valence-corrected chi connectivity index (χ2v) is 8.67. The molecule has 19 heavy (non-hydrogen) atoms. The van der Waals surface area contributed by atoms with Gasteiger partial charge in [0.25, 0.3) is 10.0 Å². The molecule has 0 radical (unpaired) electrons. The third-order valence-electron chi connectivity index (χ3n) is 3.63. The van der Waals surface area contributed by atoms with Crippen molar-refractivity contribution in [2.45, 2.75) is 37.3 Å². The molecule has 0 amide bonds. The molecule has 1 fully saturated rings. The van der Waals surface area contributed by atoms with Crippen LogP contribution in [-0.2, 0) is 10.0 Å². The van der Waals surface area contributed by atoms with Crippen LogP contribution in [0.5, 0.6) is 0 Å². The Morgan fingerprint density at radius 2 is 2.21 bits per heavy atom. The molecule has 4 nitrogen and oxygen atoms in total. The van der Waals surface area contributed by atoms with Gasteiger partial charge in [-0.3, -0.25) is 0 Å². The standard InChI is InChI=1S/C13H22N2O2S2/c1-10-8-11(2)18-13(10)19(16,17)15-7-3-4-12(9-15)5-6-14/h8,12H,3-7,9,14H2,1-2H3. The predicted octanol–water partition coefficient (Wildman–Crippen LogP) is 2.11. The van der Waals surface area contributed by atoms with E-state index >= 15 is 0 Å². The fourth-order valence-electron chi connectivity index (χ4n) is 2.71. The highest BCUT2D eigenvalue weighted by atomic mass is 32.2. The van der Waals surface area contributed by atoms with E-state index in [4.69, 9.17) is 5.73 Å². The summed E-state index contributed by atoms with van der Waals surface area (Å²) in [7, 11) is -3.31. The molecule has 2 heterocycles. The van der Waals surface area contributed by atoms with Gasteiger partial charge in [0.05, 0.1) is 0 Å². The third-order valence-corrected chi connectivity index (χ3v) is 7.26. The monoisotopic (exact) mass is 302 g/mol. The number of nitrogens with zero attached hydrogens (tertiary/aromatic N) is 1. The zero-order valence-corrected chi connectivity index (χ0v) is 13.2. The zero-order chi connectivity index (χ0) is 14.0. The number of thiophene rings is 1. The molecule has 1 aliphatic rings. The Kier molecular flexibility index (Phi) is 4.66. The number of rotatable bonds is 4. The Hall–Kier alpha value is -0.430. The van der Waals surface area contributed by atoms with Crippen molar-refractivity contribution in [1.82, 2.24) is 4.31 Å². The topological polar surface area (TPSA) is 63.4 Å². The van der Waals surface area contributed by atoms with Gasteiger partial charge >= 0.3 is 0 Å². The Morgan fingerprint density at radius 3 is 2.79 bits per heavy atom. The van der Waals surface area contributed by atoms with Gasteiger partial charge in [0, 0.05) is 18.0 Å². The van der Waals surface area contributed by atoms with E-state index in [2.05, 4.69) is 0 Å². The molecule has 1 unspecified atom stereocenters. The van der Waals surface area contributed by atoms with Crippen molar-refractivity contribution in [3.05, 3.63) is 16.5 Å². The minimum atomic E-state index is -3.31. The van der Waals surface area contributed by atoms with E-state index in [0.29, 0.717) is 29.8 Å². The summed E-state index contributed by atoms with van der Waals surface area (Å²) in [6, 6.07) is 1.94. The van der Waals surface area contributed by atoms with Gasteiger partial charge in [0.1, 0.15) is 4.21 Å². The lowest BCUT2D eigenvalue weighted by Gasteiger charge is -2.31. The maximum absolute atomic E-state index is 12.7. The zero-order valence-electron chi connectivity index (χ0n) is 11.6. The van der Waals surface area contributed by atoms with Crippen molar-refractivity contribution in [1.29, 1.82) is 0 Å². The number of hydrogen-bond donors (Lipinski definition) is 1. The van der Waals surface area contributed by atoms with E-state index in [-0.39, 0.29) is 0 Å². The average molecular weight is 302 g/mol. The van der Waals surface area contributed by atoms with E-state index in [1.54, 1.807) is 4.31 Å². The van der Waals surface area contributed by atoms with Crippen molar-refractivity contribution in [3.63, 3.8) is 0 Å². The normalized spacial score (nSPS) is 21.7. The van der Waals surface area contributed by atoms with Gasteiger partial charge in [-0.1, -0.05) is 0 Å². The van der Waals surface area contributed by atoms with E-state index in [1.165, 1.54) is 11.3 Å². The van der Waals surface area contributed by atoms with Gasteiger partial charge in [-0.15, -0.1) is 11.3 Å². The first-order valence-electron chi connectivity index (χ1n) is 6.72. The van der Waals surface area contributed by atoms with Crippen LogP contribution < -0.4 is 5.73 Å². The van der Waals surface area contributed by atoms with Crippen LogP contribution in [0.2, 0.25) is 0 Å². The van der Waals surface area contributed by atoms with Gasteiger partial charge in [-0.25, -0.2) is 8.42 Å². The lowest BCUT2D eigenvalue weighted by molar-refractivity contribution is 0.258. The summed E-state index contributed by atoms with van der Waals surface area (Å²) in [5, 5.41) is 0. The number of aryl methyl sites for hydroxylation is 2. The summed E-state index contributed by atoms with van der Waals surface area (Å²) in [5.41, 5.74) is 6.45. The van der Waals surface area contributed by atoms with Gasteiger partial charge in [0.15, 0.2) is 0 Å². The lowest BCUT2D eigenvalue weighted by atomic mass is 9.96. The van der Waals surface area contributed by atoms with Gasteiger partial charge in [-0.05, 0) is 57.2 Å². The van der Waals surface area contributed by atoms with E-state index in [1.807, 2.05) is 19.9 Å². The first-order valence-corrected chi connectivity index (χ1v) is 8.98. The third kappa shape index (κ3) is 3.18. The van der Waals surface area contributed by atoms with Crippen LogP contribution in [0, 0.1) is 19.8 Å². The largest absolute Gasteiger partial charge is 0.330 e. The molecule has 1 aliphatic heterocycles. The second-order valence-electron chi connectivity index (χ2n) is 5.28. The van der Waals surface area contributed by atoms with Crippen molar-refractivity contribution >= 4 is 21.4 Å². The van der Waals surface area contributed by atoms with E-state index in [0.717, 1.165) is 29.7 Å². The molecule has 1 aromatic rings. The maximum Gasteiger partial charge on any atom is 0.252 e. The Bertz CT molecular complexity index is 535. The highest BCUT2D eigenvalue weighted by Crippen LogP contribution is 2.31. The van der Waals surface area contributed by atoms with Gasteiger partial charge in [-0.2, -0.15) is 4.31 Å². The summed E-state index contributed by atoms with van der Waals surface area (Å²) in [6.07, 6.45) is 2.94. The fourth-order valence-corrected chi connectivity index (χ4v) is 6.07. The van der Waals surface area contributed by atoms with Crippen LogP contribution in [0.1, 0.15) is 29.7 Å². The quantitative estimate of drug-likeness (QED) is 0.926. The Labute approximate surface area is 119 Å². The van der Waals surface area contributed by atoms with Gasteiger partial charge < -0.3 is 5.73 Å². The molecule has 1 atom stereocenters. The molecule has 2 N–H and O–H groups in total. The highest BCUT2D eigenvalue weighted by Gasteiger charge is 2.31. The van der Waals surface area contributed by atoms with Crippen molar-refractivity contribution in [2.75, 3.05) is 19.6 Å². The molecule has 1 saturated heterocycles. The number of sulfonamides is 1. The summed E-state index contributed by atoms with van der Waals surface area (Å²) >= 11 is 1.38. The smallest absolute Gasteiger partial charge is 0.252 e. The first-order chi connectivity index (χ1) is 8.95.